The molecule has 0 amide bonds. The summed E-state index contributed by atoms with van der Waals surface area (Å²) in [5, 5.41) is 24.6. The molecular formula is C16H24N2O3. The minimum absolute atomic E-state index is 0.0677. The third-order valence-electron chi connectivity index (χ3n) is 4.38. The average Bonchev–Trinajstić information content (AvgIpc) is 2.70. The van der Waals surface area contributed by atoms with Crippen LogP contribution in [0.15, 0.2) is 24.3 Å². The fourth-order valence-electron chi connectivity index (χ4n) is 2.91. The molecule has 2 N–H and O–H groups in total. The maximum Gasteiger partial charge on any atom is 0.269 e. The zero-order chi connectivity index (χ0) is 15.3. The first-order valence-corrected chi connectivity index (χ1v) is 7.70. The molecule has 1 saturated carbocycles. The average molecular weight is 292 g/mol. The van der Waals surface area contributed by atoms with Gasteiger partial charge < -0.3 is 10.4 Å². The van der Waals surface area contributed by atoms with Gasteiger partial charge in [-0.25, -0.2) is 0 Å². The smallest absolute Gasteiger partial charge is 0.269 e. The van der Waals surface area contributed by atoms with Gasteiger partial charge in [0.15, 0.2) is 0 Å². The van der Waals surface area contributed by atoms with Crippen LogP contribution in [0.2, 0.25) is 0 Å². The van der Waals surface area contributed by atoms with E-state index >= 15 is 0 Å². The Morgan fingerprint density at radius 3 is 2.33 bits per heavy atom. The van der Waals surface area contributed by atoms with Crippen molar-refractivity contribution in [3.63, 3.8) is 0 Å². The highest BCUT2D eigenvalue weighted by molar-refractivity contribution is 5.34. The van der Waals surface area contributed by atoms with Crippen LogP contribution < -0.4 is 5.32 Å². The highest BCUT2D eigenvalue weighted by Crippen LogP contribution is 2.27. The molecular weight excluding hydrogens is 268 g/mol. The van der Waals surface area contributed by atoms with Gasteiger partial charge in [-0.3, -0.25) is 10.1 Å². The predicted molar refractivity (Wildman–Crippen MR) is 82.2 cm³/mol. The Labute approximate surface area is 125 Å². The topological polar surface area (TPSA) is 75.4 Å². The second-order valence-corrected chi connectivity index (χ2v) is 6.09. The molecule has 0 saturated heterocycles. The molecule has 5 nitrogen and oxygen atoms in total. The largest absolute Gasteiger partial charge is 0.389 e. The molecule has 1 aromatic carbocycles. The molecule has 0 spiro atoms. The van der Waals surface area contributed by atoms with Crippen molar-refractivity contribution in [1.29, 1.82) is 0 Å². The number of nitrogens with one attached hydrogen (secondary N) is 1. The lowest BCUT2D eigenvalue weighted by Crippen LogP contribution is -2.41. The highest BCUT2D eigenvalue weighted by Gasteiger charge is 2.28. The van der Waals surface area contributed by atoms with Gasteiger partial charge in [-0.05, 0) is 25.3 Å². The maximum atomic E-state index is 10.6. The van der Waals surface area contributed by atoms with Crippen molar-refractivity contribution in [1.82, 2.24) is 5.32 Å². The van der Waals surface area contributed by atoms with Crippen molar-refractivity contribution in [2.45, 2.75) is 57.1 Å². The number of rotatable bonds is 5. The van der Waals surface area contributed by atoms with Crippen LogP contribution in [-0.4, -0.2) is 22.2 Å². The first-order chi connectivity index (χ1) is 10.0. The Morgan fingerprint density at radius 2 is 1.81 bits per heavy atom. The molecule has 0 heterocycles. The van der Waals surface area contributed by atoms with E-state index < -0.39 is 10.5 Å². The van der Waals surface area contributed by atoms with Gasteiger partial charge in [-0.2, -0.15) is 0 Å². The molecule has 1 aliphatic carbocycles. The molecule has 2 rings (SSSR count). The molecule has 0 aromatic heterocycles. The number of aliphatic hydroxyl groups is 1. The maximum absolute atomic E-state index is 10.6. The summed E-state index contributed by atoms with van der Waals surface area (Å²) in [7, 11) is 0. The minimum atomic E-state index is -0.606. The lowest BCUT2D eigenvalue weighted by molar-refractivity contribution is -0.384. The standard InChI is InChI=1S/C16H24N2O3/c1-13(14-6-8-15(9-7-14)18(20)21)17-12-16(19)10-4-2-3-5-11-16/h6-9,13,17,19H,2-5,10-12H2,1H3. The zero-order valence-electron chi connectivity index (χ0n) is 12.5. The fourth-order valence-corrected chi connectivity index (χ4v) is 2.91. The number of nitro groups is 1. The number of benzene rings is 1. The van der Waals surface area contributed by atoms with E-state index in [1.54, 1.807) is 12.1 Å². The second-order valence-electron chi connectivity index (χ2n) is 6.09. The van der Waals surface area contributed by atoms with Gasteiger partial charge in [0.1, 0.15) is 0 Å². The Morgan fingerprint density at radius 1 is 1.24 bits per heavy atom. The Balaban J connectivity index is 1.91. The van der Waals surface area contributed by atoms with Crippen molar-refractivity contribution < 1.29 is 10.0 Å². The van der Waals surface area contributed by atoms with Crippen molar-refractivity contribution in [3.05, 3.63) is 39.9 Å². The molecule has 1 aliphatic rings. The second kappa shape index (κ2) is 7.00. The molecule has 1 atom stereocenters. The molecule has 116 valence electrons. The first kappa shape index (κ1) is 15.9. The van der Waals surface area contributed by atoms with E-state index in [2.05, 4.69) is 5.32 Å². The van der Waals surface area contributed by atoms with Crippen LogP contribution in [0.3, 0.4) is 0 Å². The van der Waals surface area contributed by atoms with Crippen molar-refractivity contribution in [3.8, 4) is 0 Å². The highest BCUT2D eigenvalue weighted by atomic mass is 16.6. The van der Waals surface area contributed by atoms with Crippen LogP contribution in [-0.2, 0) is 0 Å². The monoisotopic (exact) mass is 292 g/mol. The quantitative estimate of drug-likeness (QED) is 0.496. The predicted octanol–water partition coefficient (Wildman–Crippen LogP) is 3.33. The summed E-state index contributed by atoms with van der Waals surface area (Å²) in [6.07, 6.45) is 6.30. The molecule has 21 heavy (non-hydrogen) atoms. The SMILES string of the molecule is CC(NCC1(O)CCCCCC1)c1ccc([N+](=O)[O-])cc1. The summed E-state index contributed by atoms with van der Waals surface area (Å²) in [6.45, 7) is 2.59. The van der Waals surface area contributed by atoms with Gasteiger partial charge in [0, 0.05) is 24.7 Å². The van der Waals surface area contributed by atoms with Gasteiger partial charge in [-0.1, -0.05) is 37.8 Å². The third-order valence-corrected chi connectivity index (χ3v) is 4.38. The van der Waals surface area contributed by atoms with E-state index in [0.29, 0.717) is 6.54 Å². The van der Waals surface area contributed by atoms with Gasteiger partial charge >= 0.3 is 0 Å². The van der Waals surface area contributed by atoms with E-state index in [1.165, 1.54) is 25.0 Å². The third kappa shape index (κ3) is 4.51. The fraction of sp³-hybridized carbons (Fsp3) is 0.625. The molecule has 0 aliphatic heterocycles. The van der Waals surface area contributed by atoms with E-state index in [0.717, 1.165) is 31.2 Å². The summed E-state index contributed by atoms with van der Waals surface area (Å²) >= 11 is 0. The summed E-state index contributed by atoms with van der Waals surface area (Å²) < 4.78 is 0. The summed E-state index contributed by atoms with van der Waals surface area (Å²) in [5.74, 6) is 0. The van der Waals surface area contributed by atoms with Crippen molar-refractivity contribution >= 4 is 5.69 Å². The summed E-state index contributed by atoms with van der Waals surface area (Å²) in [4.78, 5) is 10.3. The lowest BCUT2D eigenvalue weighted by atomic mass is 9.94. The Bertz CT molecular complexity index is 465. The normalized spacial score (nSPS) is 19.7. The molecule has 5 heteroatoms. The molecule has 1 fully saturated rings. The molecule has 0 bridgehead atoms. The minimum Gasteiger partial charge on any atom is -0.389 e. The van der Waals surface area contributed by atoms with Crippen LogP contribution in [0.4, 0.5) is 5.69 Å². The van der Waals surface area contributed by atoms with Gasteiger partial charge in [0.2, 0.25) is 0 Å². The van der Waals surface area contributed by atoms with E-state index in [4.69, 9.17) is 0 Å². The Kier molecular flexibility index (Phi) is 5.31. The number of nitrogens with zero attached hydrogens (tertiary/aromatic N) is 1. The summed E-state index contributed by atoms with van der Waals surface area (Å²) in [6, 6.07) is 6.65. The first-order valence-electron chi connectivity index (χ1n) is 7.70. The Hall–Kier alpha value is -1.46. The van der Waals surface area contributed by atoms with E-state index in [9.17, 15) is 15.2 Å². The summed E-state index contributed by atoms with van der Waals surface area (Å²) in [5.41, 5.74) is 0.497. The van der Waals surface area contributed by atoms with Crippen LogP contribution in [0.25, 0.3) is 0 Å². The van der Waals surface area contributed by atoms with E-state index in [-0.39, 0.29) is 11.7 Å². The van der Waals surface area contributed by atoms with Gasteiger partial charge in [0.25, 0.3) is 5.69 Å². The van der Waals surface area contributed by atoms with Crippen LogP contribution >= 0.6 is 0 Å². The zero-order valence-corrected chi connectivity index (χ0v) is 12.5. The number of hydrogen-bond acceptors (Lipinski definition) is 4. The molecule has 1 aromatic rings. The van der Waals surface area contributed by atoms with Gasteiger partial charge in [0.05, 0.1) is 10.5 Å². The van der Waals surface area contributed by atoms with E-state index in [1.807, 2.05) is 6.92 Å². The van der Waals surface area contributed by atoms with Gasteiger partial charge in [-0.15, -0.1) is 0 Å². The number of hydrogen-bond donors (Lipinski definition) is 2. The van der Waals surface area contributed by atoms with Crippen LogP contribution in [0.5, 0.6) is 0 Å². The van der Waals surface area contributed by atoms with Crippen molar-refractivity contribution in [2.75, 3.05) is 6.54 Å². The van der Waals surface area contributed by atoms with Crippen LogP contribution in [0, 0.1) is 10.1 Å². The number of nitro benzene ring substituents is 1. The lowest BCUT2D eigenvalue weighted by Gasteiger charge is -2.29. The molecule has 1 unspecified atom stereocenters. The number of non-ortho nitro benzene ring substituents is 1. The van der Waals surface area contributed by atoms with Crippen LogP contribution in [0.1, 0.15) is 57.1 Å². The van der Waals surface area contributed by atoms with Crippen molar-refractivity contribution in [2.24, 2.45) is 0 Å². The molecule has 0 radical (unpaired) electrons.